The average Bonchev–Trinajstić information content (AvgIpc) is 3.20. The van der Waals surface area contributed by atoms with E-state index in [0.717, 1.165) is 19.3 Å². The first-order valence-corrected chi connectivity index (χ1v) is 6.73. The van der Waals surface area contributed by atoms with Gasteiger partial charge in [0.25, 0.3) is 0 Å². The van der Waals surface area contributed by atoms with E-state index in [1.54, 1.807) is 0 Å². The molecule has 0 spiro atoms. The molecule has 0 heterocycles. The fraction of sp³-hybridized carbons (Fsp3) is 0.500. The Hall–Kier alpha value is -1.02. The van der Waals surface area contributed by atoms with Gasteiger partial charge in [-0.3, -0.25) is 4.79 Å². The number of carbonyl (C=O) groups is 1. The Balaban J connectivity index is 2.23. The first-order chi connectivity index (χ1) is 8.27. The van der Waals surface area contributed by atoms with Crippen LogP contribution in [-0.2, 0) is 4.79 Å². The summed E-state index contributed by atoms with van der Waals surface area (Å²) in [6, 6.07) is 10.8. The van der Waals surface area contributed by atoms with E-state index in [0.29, 0.717) is 6.04 Å². The van der Waals surface area contributed by atoms with Gasteiger partial charge in [0, 0.05) is 6.04 Å². The molecule has 0 unspecified atom stereocenters. The number of benzene rings is 1. The molecule has 0 bridgehead atoms. The monoisotopic (exact) mass is 251 g/mol. The van der Waals surface area contributed by atoms with E-state index in [-0.39, 0.29) is 17.8 Å². The molecular weight excluding hydrogens is 234 g/mol. The lowest BCUT2D eigenvalue weighted by Gasteiger charge is -2.31. The second-order valence-electron chi connectivity index (χ2n) is 4.50. The quantitative estimate of drug-likeness (QED) is 0.735. The molecule has 0 radical (unpaired) electrons. The highest BCUT2D eigenvalue weighted by atomic mass is 35.5. The van der Waals surface area contributed by atoms with Gasteiger partial charge < -0.3 is 4.90 Å². The minimum atomic E-state index is 0.0601. The van der Waals surface area contributed by atoms with Crippen LogP contribution in [0, 0.1) is 0 Å². The van der Waals surface area contributed by atoms with E-state index >= 15 is 0 Å². The normalized spacial score (nSPS) is 16.6. The van der Waals surface area contributed by atoms with Crippen LogP contribution in [0.4, 0.5) is 0 Å². The van der Waals surface area contributed by atoms with Crippen LogP contribution < -0.4 is 0 Å². The average molecular weight is 252 g/mol. The molecule has 1 aliphatic carbocycles. The van der Waals surface area contributed by atoms with E-state index in [4.69, 9.17) is 11.6 Å². The summed E-state index contributed by atoms with van der Waals surface area (Å²) in [5.41, 5.74) is 1.21. The minimum Gasteiger partial charge on any atom is -0.332 e. The summed E-state index contributed by atoms with van der Waals surface area (Å²) in [7, 11) is 0. The van der Waals surface area contributed by atoms with E-state index < -0.39 is 0 Å². The Kier molecular flexibility index (Phi) is 4.06. The summed E-state index contributed by atoms with van der Waals surface area (Å²) >= 11 is 5.72. The molecule has 1 aromatic rings. The minimum absolute atomic E-state index is 0.0601. The van der Waals surface area contributed by atoms with E-state index in [1.807, 2.05) is 23.1 Å². The van der Waals surface area contributed by atoms with E-state index in [2.05, 4.69) is 19.1 Å². The Labute approximate surface area is 108 Å². The van der Waals surface area contributed by atoms with Crippen molar-refractivity contribution in [3.63, 3.8) is 0 Å². The molecule has 2 rings (SSSR count). The Morgan fingerprint density at radius 1 is 1.41 bits per heavy atom. The third kappa shape index (κ3) is 2.81. The highest BCUT2D eigenvalue weighted by Crippen LogP contribution is 2.36. The van der Waals surface area contributed by atoms with Crippen molar-refractivity contribution in [3.8, 4) is 0 Å². The van der Waals surface area contributed by atoms with Crippen molar-refractivity contribution in [2.75, 3.05) is 5.88 Å². The molecule has 1 saturated carbocycles. The molecule has 1 atom stereocenters. The Bertz CT molecular complexity index is 375. The van der Waals surface area contributed by atoms with Crippen molar-refractivity contribution in [1.82, 2.24) is 4.90 Å². The molecular formula is C14H18ClNO. The number of carbonyl (C=O) groups excluding carboxylic acids is 1. The van der Waals surface area contributed by atoms with Crippen LogP contribution in [0.5, 0.6) is 0 Å². The summed E-state index contributed by atoms with van der Waals surface area (Å²) in [5, 5.41) is 0. The third-order valence-corrected chi connectivity index (χ3v) is 3.48. The maximum atomic E-state index is 12.0. The number of amides is 1. The maximum absolute atomic E-state index is 12.0. The summed E-state index contributed by atoms with van der Waals surface area (Å²) in [6.07, 6.45) is 3.17. The van der Waals surface area contributed by atoms with Gasteiger partial charge in [-0.05, 0) is 24.8 Å². The first-order valence-electron chi connectivity index (χ1n) is 6.20. The second-order valence-corrected chi connectivity index (χ2v) is 4.77. The summed E-state index contributed by atoms with van der Waals surface area (Å²) in [6.45, 7) is 2.12. The molecule has 1 aromatic carbocycles. The number of rotatable bonds is 5. The highest BCUT2D eigenvalue weighted by molar-refractivity contribution is 6.27. The van der Waals surface area contributed by atoms with Gasteiger partial charge in [-0.2, -0.15) is 0 Å². The fourth-order valence-electron chi connectivity index (χ4n) is 2.32. The molecule has 0 saturated heterocycles. The molecule has 3 heteroatoms. The van der Waals surface area contributed by atoms with E-state index in [9.17, 15) is 4.79 Å². The van der Waals surface area contributed by atoms with Gasteiger partial charge >= 0.3 is 0 Å². The molecule has 2 nitrogen and oxygen atoms in total. The smallest absolute Gasteiger partial charge is 0.238 e. The predicted molar refractivity (Wildman–Crippen MR) is 70.1 cm³/mol. The van der Waals surface area contributed by atoms with Gasteiger partial charge in [-0.1, -0.05) is 37.3 Å². The number of hydrogen-bond acceptors (Lipinski definition) is 1. The SMILES string of the molecule is CC[C@@H](c1ccccc1)N(C(=O)CCl)C1CC1. The molecule has 1 fully saturated rings. The van der Waals surface area contributed by atoms with Gasteiger partial charge in [-0.15, -0.1) is 11.6 Å². The molecule has 0 aliphatic heterocycles. The van der Waals surface area contributed by atoms with Crippen LogP contribution in [0.3, 0.4) is 0 Å². The van der Waals surface area contributed by atoms with Crippen molar-refractivity contribution in [1.29, 1.82) is 0 Å². The van der Waals surface area contributed by atoms with Crippen LogP contribution in [-0.4, -0.2) is 22.7 Å². The highest BCUT2D eigenvalue weighted by Gasteiger charge is 2.36. The Morgan fingerprint density at radius 3 is 2.53 bits per heavy atom. The number of nitrogens with zero attached hydrogens (tertiary/aromatic N) is 1. The molecule has 92 valence electrons. The van der Waals surface area contributed by atoms with Gasteiger partial charge in [0.15, 0.2) is 0 Å². The zero-order valence-corrected chi connectivity index (χ0v) is 10.9. The second kappa shape index (κ2) is 5.54. The van der Waals surface area contributed by atoms with Crippen molar-refractivity contribution in [2.45, 2.75) is 38.3 Å². The van der Waals surface area contributed by atoms with Crippen molar-refractivity contribution in [2.24, 2.45) is 0 Å². The summed E-state index contributed by atoms with van der Waals surface area (Å²) in [4.78, 5) is 13.9. The molecule has 1 aliphatic rings. The first kappa shape index (κ1) is 12.4. The largest absolute Gasteiger partial charge is 0.332 e. The van der Waals surface area contributed by atoms with Gasteiger partial charge in [0.2, 0.25) is 5.91 Å². The van der Waals surface area contributed by atoms with Crippen LogP contribution in [0.2, 0.25) is 0 Å². The van der Waals surface area contributed by atoms with Crippen LogP contribution >= 0.6 is 11.6 Å². The summed E-state index contributed by atoms with van der Waals surface area (Å²) < 4.78 is 0. The lowest BCUT2D eigenvalue weighted by atomic mass is 10.0. The third-order valence-electron chi connectivity index (χ3n) is 3.25. The predicted octanol–water partition coefficient (Wildman–Crippen LogP) is 3.37. The molecule has 0 aromatic heterocycles. The number of hydrogen-bond donors (Lipinski definition) is 0. The zero-order chi connectivity index (χ0) is 12.3. The lowest BCUT2D eigenvalue weighted by Crippen LogP contribution is -2.37. The Morgan fingerprint density at radius 2 is 2.06 bits per heavy atom. The molecule has 0 N–H and O–H groups in total. The zero-order valence-electron chi connectivity index (χ0n) is 10.1. The van der Waals surface area contributed by atoms with Gasteiger partial charge in [-0.25, -0.2) is 0 Å². The van der Waals surface area contributed by atoms with Crippen molar-refractivity contribution in [3.05, 3.63) is 35.9 Å². The van der Waals surface area contributed by atoms with E-state index in [1.165, 1.54) is 5.56 Å². The van der Waals surface area contributed by atoms with Crippen LogP contribution in [0.15, 0.2) is 30.3 Å². The summed E-state index contributed by atoms with van der Waals surface area (Å²) in [5.74, 6) is 0.143. The maximum Gasteiger partial charge on any atom is 0.238 e. The standard InChI is InChI=1S/C14H18ClNO/c1-2-13(11-6-4-3-5-7-11)16(12-8-9-12)14(17)10-15/h3-7,12-13H,2,8-10H2,1H3/t13-/m0/s1. The van der Waals surface area contributed by atoms with Crippen LogP contribution in [0.25, 0.3) is 0 Å². The van der Waals surface area contributed by atoms with Gasteiger partial charge in [0.05, 0.1) is 6.04 Å². The fourth-order valence-corrected chi connectivity index (χ4v) is 2.46. The van der Waals surface area contributed by atoms with Gasteiger partial charge in [0.1, 0.15) is 5.88 Å². The topological polar surface area (TPSA) is 20.3 Å². The molecule has 1 amide bonds. The van der Waals surface area contributed by atoms with Crippen LogP contribution in [0.1, 0.15) is 37.8 Å². The van der Waals surface area contributed by atoms with Crippen molar-refractivity contribution >= 4 is 17.5 Å². The van der Waals surface area contributed by atoms with Crippen molar-refractivity contribution < 1.29 is 4.79 Å². The molecule has 17 heavy (non-hydrogen) atoms. The lowest BCUT2D eigenvalue weighted by molar-refractivity contribution is -0.131. The number of halogens is 1. The number of alkyl halides is 1.